The lowest BCUT2D eigenvalue weighted by Crippen LogP contribution is -2.34. The number of ether oxygens (including phenoxy) is 1. The number of esters is 1. The lowest BCUT2D eigenvalue weighted by Gasteiger charge is -2.29. The highest BCUT2D eigenvalue weighted by molar-refractivity contribution is 6.06. The molecule has 7 heteroatoms. The molecule has 1 atom stereocenters. The molecule has 3 heterocycles. The lowest BCUT2D eigenvalue weighted by atomic mass is 9.95. The van der Waals surface area contributed by atoms with E-state index in [4.69, 9.17) is 9.72 Å². The van der Waals surface area contributed by atoms with E-state index >= 15 is 0 Å². The minimum Gasteiger partial charge on any atom is -0.449 e. The van der Waals surface area contributed by atoms with Crippen LogP contribution in [0.1, 0.15) is 47.6 Å². The van der Waals surface area contributed by atoms with E-state index in [0.29, 0.717) is 17.9 Å². The Bertz CT molecular complexity index is 1160. The molecule has 0 bridgehead atoms. The molecule has 0 spiro atoms. The fourth-order valence-electron chi connectivity index (χ4n) is 4.10. The maximum absolute atomic E-state index is 13.4. The van der Waals surface area contributed by atoms with Crippen molar-refractivity contribution in [2.24, 2.45) is 0 Å². The van der Waals surface area contributed by atoms with Gasteiger partial charge < -0.3 is 10.1 Å². The first-order valence-electron chi connectivity index (χ1n) is 11.0. The monoisotopic (exact) mass is 432 g/mol. The molecule has 166 valence electrons. The average molecular weight is 433 g/mol. The van der Waals surface area contributed by atoms with Crippen molar-refractivity contribution in [3.05, 3.63) is 65.0 Å². The second kappa shape index (κ2) is 9.44. The van der Waals surface area contributed by atoms with Crippen LogP contribution in [-0.4, -0.2) is 45.9 Å². The molecule has 1 aromatic carbocycles. The van der Waals surface area contributed by atoms with Crippen LogP contribution in [-0.2, 0) is 22.5 Å². The van der Waals surface area contributed by atoms with Crippen LogP contribution in [0.4, 0.5) is 5.82 Å². The minimum atomic E-state index is -0.970. The Hall–Kier alpha value is -3.32. The van der Waals surface area contributed by atoms with Crippen molar-refractivity contribution >= 4 is 28.6 Å². The highest BCUT2D eigenvalue weighted by atomic mass is 16.5. The fourth-order valence-corrected chi connectivity index (χ4v) is 4.10. The molecule has 2 aromatic heterocycles. The highest BCUT2D eigenvalue weighted by Crippen LogP contribution is 2.29. The summed E-state index contributed by atoms with van der Waals surface area (Å²) >= 11 is 0. The molecule has 0 fully saturated rings. The Morgan fingerprint density at radius 2 is 1.97 bits per heavy atom. The molecule has 1 amide bonds. The van der Waals surface area contributed by atoms with E-state index in [-0.39, 0.29) is 0 Å². The molecular weight excluding hydrogens is 404 g/mol. The first-order chi connectivity index (χ1) is 15.5. The summed E-state index contributed by atoms with van der Waals surface area (Å²) in [4.78, 5) is 37.4. The third kappa shape index (κ3) is 4.62. The second-order valence-corrected chi connectivity index (χ2v) is 8.16. The van der Waals surface area contributed by atoms with Gasteiger partial charge in [0, 0.05) is 41.8 Å². The quantitative estimate of drug-likeness (QED) is 0.595. The van der Waals surface area contributed by atoms with E-state index < -0.39 is 18.0 Å². The summed E-state index contributed by atoms with van der Waals surface area (Å²) in [5.41, 5.74) is 3.91. The lowest BCUT2D eigenvalue weighted by molar-refractivity contribution is -0.123. The molecule has 1 unspecified atom stereocenters. The van der Waals surface area contributed by atoms with Crippen molar-refractivity contribution in [2.75, 3.05) is 18.4 Å². The molecular formula is C25H28N4O3. The fraction of sp³-hybridized carbons (Fsp3) is 0.360. The molecule has 0 saturated heterocycles. The van der Waals surface area contributed by atoms with Crippen LogP contribution in [0.3, 0.4) is 0 Å². The first-order valence-corrected chi connectivity index (χ1v) is 11.0. The van der Waals surface area contributed by atoms with Gasteiger partial charge in [-0.2, -0.15) is 0 Å². The van der Waals surface area contributed by atoms with Crippen LogP contribution in [0, 0.1) is 6.92 Å². The number of anilines is 1. The SMILES string of the molecule is CCCN1CCc2nc3ccccc3c(C(=O)OC(C)C(=O)Nc3cccc(C)n3)c2C1. The Kier molecular flexibility index (Phi) is 6.46. The highest BCUT2D eigenvalue weighted by Gasteiger charge is 2.28. The van der Waals surface area contributed by atoms with Gasteiger partial charge in [-0.25, -0.2) is 9.78 Å². The normalized spacial score (nSPS) is 14.6. The van der Waals surface area contributed by atoms with Crippen molar-refractivity contribution in [2.45, 2.75) is 46.3 Å². The van der Waals surface area contributed by atoms with Gasteiger partial charge in [0.1, 0.15) is 5.82 Å². The Morgan fingerprint density at radius 3 is 2.75 bits per heavy atom. The van der Waals surface area contributed by atoms with E-state index in [2.05, 4.69) is 22.1 Å². The number of pyridine rings is 2. The van der Waals surface area contributed by atoms with Crippen molar-refractivity contribution in [3.63, 3.8) is 0 Å². The summed E-state index contributed by atoms with van der Waals surface area (Å²) in [6.07, 6.45) is 0.860. The molecule has 1 aliphatic rings. The summed E-state index contributed by atoms with van der Waals surface area (Å²) in [6, 6.07) is 13.0. The Labute approximate surface area is 187 Å². The molecule has 1 N–H and O–H groups in total. The Balaban J connectivity index is 1.61. The molecule has 32 heavy (non-hydrogen) atoms. The van der Waals surface area contributed by atoms with Gasteiger partial charge in [0.05, 0.1) is 11.1 Å². The predicted molar refractivity (Wildman–Crippen MR) is 123 cm³/mol. The minimum absolute atomic E-state index is 0.420. The van der Waals surface area contributed by atoms with Crippen molar-refractivity contribution in [1.29, 1.82) is 0 Å². The summed E-state index contributed by atoms with van der Waals surface area (Å²) < 4.78 is 5.65. The number of nitrogens with one attached hydrogen (secondary N) is 1. The Morgan fingerprint density at radius 1 is 1.16 bits per heavy atom. The van der Waals surface area contributed by atoms with Crippen LogP contribution >= 0.6 is 0 Å². The number of amides is 1. The van der Waals surface area contributed by atoms with Crippen LogP contribution in [0.2, 0.25) is 0 Å². The van der Waals surface area contributed by atoms with Gasteiger partial charge in [0.2, 0.25) is 0 Å². The van der Waals surface area contributed by atoms with E-state index in [1.54, 1.807) is 13.0 Å². The third-order valence-electron chi connectivity index (χ3n) is 5.66. The van der Waals surface area contributed by atoms with Gasteiger partial charge in [-0.3, -0.25) is 14.7 Å². The van der Waals surface area contributed by atoms with E-state index in [1.807, 2.05) is 43.3 Å². The van der Waals surface area contributed by atoms with Crippen LogP contribution in [0.25, 0.3) is 10.9 Å². The number of para-hydroxylation sites is 1. The maximum Gasteiger partial charge on any atom is 0.339 e. The number of fused-ring (bicyclic) bond motifs is 2. The summed E-state index contributed by atoms with van der Waals surface area (Å²) in [7, 11) is 0. The van der Waals surface area contributed by atoms with Gasteiger partial charge in [0.15, 0.2) is 6.10 Å². The van der Waals surface area contributed by atoms with E-state index in [0.717, 1.165) is 53.8 Å². The van der Waals surface area contributed by atoms with Crippen LogP contribution < -0.4 is 5.32 Å². The topological polar surface area (TPSA) is 84.4 Å². The van der Waals surface area contributed by atoms with Gasteiger partial charge in [0.25, 0.3) is 5.91 Å². The number of rotatable bonds is 6. The molecule has 3 aromatic rings. The number of nitrogens with zero attached hydrogens (tertiary/aromatic N) is 3. The molecule has 7 nitrogen and oxygen atoms in total. The first kappa shape index (κ1) is 21.9. The van der Waals surface area contributed by atoms with Crippen molar-refractivity contribution in [1.82, 2.24) is 14.9 Å². The average Bonchev–Trinajstić information content (AvgIpc) is 2.77. The van der Waals surface area contributed by atoms with Gasteiger partial charge in [-0.05, 0) is 45.0 Å². The summed E-state index contributed by atoms with van der Waals surface area (Å²) in [5.74, 6) is -0.491. The third-order valence-corrected chi connectivity index (χ3v) is 5.66. The molecule has 4 rings (SSSR count). The van der Waals surface area contributed by atoms with E-state index in [9.17, 15) is 9.59 Å². The number of carbonyl (C=O) groups is 2. The molecule has 0 saturated carbocycles. The predicted octanol–water partition coefficient (Wildman–Crippen LogP) is 3.89. The van der Waals surface area contributed by atoms with Gasteiger partial charge in [-0.15, -0.1) is 0 Å². The maximum atomic E-state index is 13.4. The molecule has 0 aliphatic carbocycles. The number of carbonyl (C=O) groups excluding carboxylic acids is 2. The van der Waals surface area contributed by atoms with Crippen molar-refractivity contribution < 1.29 is 14.3 Å². The largest absolute Gasteiger partial charge is 0.449 e. The van der Waals surface area contributed by atoms with Gasteiger partial charge in [-0.1, -0.05) is 31.2 Å². The zero-order chi connectivity index (χ0) is 22.7. The van der Waals surface area contributed by atoms with Crippen molar-refractivity contribution in [3.8, 4) is 0 Å². The summed E-state index contributed by atoms with van der Waals surface area (Å²) in [6.45, 7) is 8.10. The number of benzene rings is 1. The smallest absolute Gasteiger partial charge is 0.339 e. The van der Waals surface area contributed by atoms with E-state index in [1.165, 1.54) is 0 Å². The molecule has 0 radical (unpaired) electrons. The number of aryl methyl sites for hydroxylation is 1. The number of aromatic nitrogens is 2. The number of hydrogen-bond acceptors (Lipinski definition) is 6. The zero-order valence-corrected chi connectivity index (χ0v) is 18.7. The van der Waals surface area contributed by atoms with Crippen LogP contribution in [0.5, 0.6) is 0 Å². The standard InChI is InChI=1S/C25H28N4O3/c1-4-13-29-14-12-21-19(15-29)23(18-9-5-6-10-20(18)27-21)25(31)32-17(3)24(30)28-22-11-7-8-16(2)26-22/h5-11,17H,4,12-15H2,1-3H3,(H,26,28,30). The van der Waals surface area contributed by atoms with Crippen LogP contribution in [0.15, 0.2) is 42.5 Å². The van der Waals surface area contributed by atoms with Gasteiger partial charge >= 0.3 is 5.97 Å². The summed E-state index contributed by atoms with van der Waals surface area (Å²) in [5, 5.41) is 3.47. The molecule has 1 aliphatic heterocycles. The zero-order valence-electron chi connectivity index (χ0n) is 18.7. The number of hydrogen-bond donors (Lipinski definition) is 1. The second-order valence-electron chi connectivity index (χ2n) is 8.16.